The molecule has 0 unspecified atom stereocenters. The van der Waals surface area contributed by atoms with Gasteiger partial charge in [-0.15, -0.1) is 0 Å². The molecule has 7 heteroatoms. The fraction of sp³-hybridized carbons (Fsp3) is 0.696. The van der Waals surface area contributed by atoms with E-state index in [0.29, 0.717) is 30.7 Å². The van der Waals surface area contributed by atoms with E-state index in [4.69, 9.17) is 4.74 Å². The van der Waals surface area contributed by atoms with E-state index >= 15 is 0 Å². The van der Waals surface area contributed by atoms with Crippen LogP contribution in [0.3, 0.4) is 0 Å². The van der Waals surface area contributed by atoms with Crippen LogP contribution in [0.2, 0.25) is 0 Å². The first-order valence-corrected chi connectivity index (χ1v) is 10.8. The number of hydrogen-bond donors (Lipinski definition) is 3. The Bertz CT molecular complexity index is 923. The highest BCUT2D eigenvalue weighted by Gasteiger charge is 2.74. The van der Waals surface area contributed by atoms with Crippen LogP contribution in [0, 0.1) is 28.6 Å². The first-order chi connectivity index (χ1) is 14.1. The van der Waals surface area contributed by atoms with Crippen molar-refractivity contribution >= 4 is 17.5 Å². The highest BCUT2D eigenvalue weighted by atomic mass is 16.5. The lowest BCUT2D eigenvalue weighted by Gasteiger charge is -2.60. The number of aliphatic hydroxyl groups is 3. The van der Waals surface area contributed by atoms with E-state index in [0.717, 1.165) is 0 Å². The molecule has 9 atom stereocenters. The monoisotopic (exact) mass is 415 g/mol. The number of carbonyl (C=O) groups excluding carboxylic acids is 2. The molecule has 0 aromatic heterocycles. The van der Waals surface area contributed by atoms with Crippen LogP contribution in [0.4, 0.5) is 0 Å². The second-order valence-corrected chi connectivity index (χ2v) is 10.2. The number of carbonyl (C=O) groups is 2. The average molecular weight is 415 g/mol. The van der Waals surface area contributed by atoms with E-state index < -0.39 is 41.3 Å². The summed E-state index contributed by atoms with van der Waals surface area (Å²) in [5, 5.41) is 32.2. The van der Waals surface area contributed by atoms with Crippen molar-refractivity contribution in [2.75, 3.05) is 6.61 Å². The van der Waals surface area contributed by atoms with Gasteiger partial charge in [0.05, 0.1) is 12.2 Å². The lowest BCUT2D eigenvalue weighted by molar-refractivity contribution is -0.150. The first kappa shape index (κ1) is 20.1. The van der Waals surface area contributed by atoms with Crippen molar-refractivity contribution in [3.8, 4) is 0 Å². The van der Waals surface area contributed by atoms with Crippen LogP contribution < -0.4 is 0 Å². The molecule has 7 nitrogen and oxygen atoms in total. The Balaban J connectivity index is 1.63. The maximum atomic E-state index is 13.1. The Morgan fingerprint density at radius 1 is 1.30 bits per heavy atom. The lowest BCUT2D eigenvalue weighted by Crippen LogP contribution is -2.63. The average Bonchev–Trinajstić information content (AvgIpc) is 3.13. The summed E-state index contributed by atoms with van der Waals surface area (Å²) in [5.41, 5.74) is -1.85. The van der Waals surface area contributed by atoms with Crippen molar-refractivity contribution in [3.63, 3.8) is 0 Å². The summed E-state index contributed by atoms with van der Waals surface area (Å²) in [7, 11) is 0. The number of aliphatic imine (C=N–C) groups is 1. The van der Waals surface area contributed by atoms with Gasteiger partial charge in [-0.3, -0.25) is 9.59 Å². The topological polar surface area (TPSA) is 116 Å². The molecule has 3 saturated carbocycles. The summed E-state index contributed by atoms with van der Waals surface area (Å²) in [4.78, 5) is 29.7. The molecular weight excluding hydrogens is 386 g/mol. The van der Waals surface area contributed by atoms with Crippen LogP contribution in [-0.4, -0.2) is 63.2 Å². The number of ketones is 2. The van der Waals surface area contributed by atoms with Crippen molar-refractivity contribution in [3.05, 3.63) is 23.8 Å². The Morgan fingerprint density at radius 2 is 2.03 bits per heavy atom. The third kappa shape index (κ3) is 2.18. The number of hydrogen-bond acceptors (Lipinski definition) is 7. The largest absolute Gasteiger partial charge is 0.475 e. The van der Waals surface area contributed by atoms with Crippen LogP contribution >= 0.6 is 0 Å². The molecule has 0 aromatic carbocycles. The minimum absolute atomic E-state index is 0.0118. The summed E-state index contributed by atoms with van der Waals surface area (Å²) in [6.45, 7) is 5.06. The third-order valence-corrected chi connectivity index (χ3v) is 8.92. The standard InChI is InChI=1S/C23H29NO6/c1-11-24-23(18(29)10-25)19(30-11)8-14-13-7-16(27)15-6-12(26)4-5-21(15,2)20(13)17(28)9-22(14,23)3/h4-6,13-14,16-17,19-20,25,27-28H,7-10H2,1-3H3/t13-,14-,16-,17+,19+,20+,21+,22-,23+/m0/s1. The van der Waals surface area contributed by atoms with Crippen LogP contribution in [0.5, 0.6) is 0 Å². The van der Waals surface area contributed by atoms with Gasteiger partial charge in [-0.2, -0.15) is 0 Å². The van der Waals surface area contributed by atoms with Gasteiger partial charge in [0.2, 0.25) is 0 Å². The molecule has 3 N–H and O–H groups in total. The Kier molecular flexibility index (Phi) is 4.09. The smallest absolute Gasteiger partial charge is 0.190 e. The predicted molar refractivity (Wildman–Crippen MR) is 108 cm³/mol. The highest BCUT2D eigenvalue weighted by molar-refractivity contribution is 6.01. The molecule has 5 rings (SSSR count). The Labute approximate surface area is 175 Å². The Morgan fingerprint density at radius 3 is 2.73 bits per heavy atom. The lowest BCUT2D eigenvalue weighted by atomic mass is 9.45. The molecular formula is C23H29NO6. The van der Waals surface area contributed by atoms with Crippen LogP contribution in [0.1, 0.15) is 40.0 Å². The zero-order valence-electron chi connectivity index (χ0n) is 17.5. The summed E-state index contributed by atoms with van der Waals surface area (Å²) in [6, 6.07) is 0. The molecule has 1 heterocycles. The number of aliphatic hydroxyl groups excluding tert-OH is 3. The highest BCUT2D eigenvalue weighted by Crippen LogP contribution is 2.69. The van der Waals surface area contributed by atoms with Gasteiger partial charge in [-0.25, -0.2) is 4.99 Å². The van der Waals surface area contributed by atoms with Crippen molar-refractivity contribution in [1.82, 2.24) is 0 Å². The number of ether oxygens (including phenoxy) is 1. The molecule has 3 fully saturated rings. The van der Waals surface area contributed by atoms with E-state index in [1.165, 1.54) is 12.2 Å². The van der Waals surface area contributed by atoms with Gasteiger partial charge in [-0.1, -0.05) is 19.9 Å². The fourth-order valence-corrected chi connectivity index (χ4v) is 7.86. The number of rotatable bonds is 2. The van der Waals surface area contributed by atoms with Gasteiger partial charge in [-0.05, 0) is 48.8 Å². The maximum Gasteiger partial charge on any atom is 0.190 e. The Hall–Kier alpha value is -1.83. The molecule has 162 valence electrons. The summed E-state index contributed by atoms with van der Waals surface area (Å²) < 4.78 is 5.96. The van der Waals surface area contributed by atoms with Crippen LogP contribution in [0.15, 0.2) is 28.8 Å². The number of Topliss-reactive ketones (excluding diaryl/α,β-unsaturated/α-hetero) is 1. The molecule has 1 aliphatic heterocycles. The predicted octanol–water partition coefficient (Wildman–Crippen LogP) is 0.963. The molecule has 30 heavy (non-hydrogen) atoms. The molecule has 4 aliphatic carbocycles. The van der Waals surface area contributed by atoms with Gasteiger partial charge < -0.3 is 20.1 Å². The zero-order valence-corrected chi connectivity index (χ0v) is 17.5. The quantitative estimate of drug-likeness (QED) is 0.619. The third-order valence-electron chi connectivity index (χ3n) is 8.92. The molecule has 0 spiro atoms. The summed E-state index contributed by atoms with van der Waals surface area (Å²) in [6.07, 6.45) is 4.23. The van der Waals surface area contributed by atoms with E-state index in [1.54, 1.807) is 6.92 Å². The molecule has 0 radical (unpaired) electrons. The van der Waals surface area contributed by atoms with Crippen molar-refractivity contribution in [2.45, 2.75) is 63.9 Å². The molecule has 5 aliphatic rings. The SMILES string of the molecule is CC1=N[C@]2(C(=O)CO)[C@@H](C[C@H]3[C@@H]4C[C@H](O)C5=CC(=O)C=C[C@@]5(C)[C@H]4[C@H](O)C[C@@]32C)O1. The number of fused-ring (bicyclic) bond motifs is 7. The summed E-state index contributed by atoms with van der Waals surface area (Å²) in [5.74, 6) is -0.334. The van der Waals surface area contributed by atoms with E-state index in [1.807, 2.05) is 19.9 Å². The zero-order chi connectivity index (χ0) is 21.6. The number of allylic oxidation sites excluding steroid dienone is 3. The molecule has 0 aromatic rings. The van der Waals surface area contributed by atoms with E-state index in [-0.39, 0.29) is 29.3 Å². The van der Waals surface area contributed by atoms with Crippen molar-refractivity contribution < 1.29 is 29.6 Å². The molecule has 0 bridgehead atoms. The summed E-state index contributed by atoms with van der Waals surface area (Å²) >= 11 is 0. The maximum absolute atomic E-state index is 13.1. The van der Waals surface area contributed by atoms with E-state index in [9.17, 15) is 24.9 Å². The second kappa shape index (κ2) is 6.11. The van der Waals surface area contributed by atoms with Crippen molar-refractivity contribution in [2.24, 2.45) is 33.6 Å². The van der Waals surface area contributed by atoms with Crippen molar-refractivity contribution in [1.29, 1.82) is 0 Å². The number of nitrogens with zero attached hydrogens (tertiary/aromatic N) is 1. The first-order valence-electron chi connectivity index (χ1n) is 10.8. The van der Waals surface area contributed by atoms with E-state index in [2.05, 4.69) is 4.99 Å². The fourth-order valence-electron chi connectivity index (χ4n) is 7.86. The van der Waals surface area contributed by atoms with Crippen LogP contribution in [-0.2, 0) is 14.3 Å². The normalized spacial score (nSPS) is 51.2. The van der Waals surface area contributed by atoms with Crippen LogP contribution in [0.25, 0.3) is 0 Å². The van der Waals surface area contributed by atoms with Gasteiger partial charge in [0.15, 0.2) is 23.0 Å². The molecule has 0 saturated heterocycles. The molecule has 0 amide bonds. The van der Waals surface area contributed by atoms with Gasteiger partial charge in [0.25, 0.3) is 0 Å². The van der Waals surface area contributed by atoms with Gasteiger partial charge >= 0.3 is 0 Å². The minimum Gasteiger partial charge on any atom is -0.475 e. The second-order valence-electron chi connectivity index (χ2n) is 10.2. The minimum atomic E-state index is -1.21. The van der Waals surface area contributed by atoms with Gasteiger partial charge in [0, 0.05) is 23.7 Å². The van der Waals surface area contributed by atoms with Gasteiger partial charge in [0.1, 0.15) is 12.7 Å².